The van der Waals surface area contributed by atoms with Crippen LogP contribution in [0.5, 0.6) is 5.75 Å². The Bertz CT molecular complexity index is 748. The fraction of sp³-hybridized carbons (Fsp3) is 0.316. The van der Waals surface area contributed by atoms with Gasteiger partial charge in [0.15, 0.2) is 0 Å². The smallest absolute Gasteiger partial charge is 0.387 e. The minimum Gasteiger partial charge on any atom is -0.435 e. The summed E-state index contributed by atoms with van der Waals surface area (Å²) in [7, 11) is 0. The average Bonchev–Trinajstić information content (AvgIpc) is 3.03. The van der Waals surface area contributed by atoms with Crippen LogP contribution in [0.4, 0.5) is 20.2 Å². The first-order valence-corrected chi connectivity index (χ1v) is 8.25. The summed E-state index contributed by atoms with van der Waals surface area (Å²) in [5.41, 5.74) is 4.17. The van der Waals surface area contributed by atoms with Gasteiger partial charge in [-0.15, -0.1) is 0 Å². The molecule has 2 N–H and O–H groups in total. The van der Waals surface area contributed by atoms with Crippen LogP contribution in [0, 0.1) is 0 Å². The molecule has 1 aliphatic rings. The molecule has 0 heterocycles. The van der Waals surface area contributed by atoms with Crippen molar-refractivity contribution in [3.8, 4) is 5.75 Å². The number of aryl methyl sites for hydroxylation is 2. The Kier molecular flexibility index (Phi) is 5.16. The topological polar surface area (TPSA) is 50.4 Å². The molecule has 0 aromatic heterocycles. The second-order valence-electron chi connectivity index (χ2n) is 6.10. The Labute approximate surface area is 145 Å². The van der Waals surface area contributed by atoms with E-state index in [4.69, 9.17) is 0 Å². The Hall–Kier alpha value is -2.63. The van der Waals surface area contributed by atoms with Crippen molar-refractivity contribution in [1.82, 2.24) is 0 Å². The summed E-state index contributed by atoms with van der Waals surface area (Å²) in [6.07, 6.45) is 3.38. The molecule has 1 amide bonds. The first-order valence-electron chi connectivity index (χ1n) is 8.25. The lowest BCUT2D eigenvalue weighted by atomic mass is 10.1. The number of benzene rings is 2. The molecule has 132 valence electrons. The SMILES string of the molecule is CC(Nc1ccc2c(c1)CCC2)C(=O)Nc1ccc(OC(F)F)cc1. The van der Waals surface area contributed by atoms with Crippen molar-refractivity contribution in [3.05, 3.63) is 53.6 Å². The van der Waals surface area contributed by atoms with Gasteiger partial charge in [-0.05, 0) is 73.7 Å². The number of ether oxygens (including phenoxy) is 1. The molecule has 4 nitrogen and oxygen atoms in total. The summed E-state index contributed by atoms with van der Waals surface area (Å²) in [6.45, 7) is -1.09. The Morgan fingerprint density at radius 3 is 2.44 bits per heavy atom. The molecular formula is C19H20F2N2O2. The zero-order valence-electron chi connectivity index (χ0n) is 13.9. The number of fused-ring (bicyclic) bond motifs is 1. The maximum Gasteiger partial charge on any atom is 0.387 e. The zero-order chi connectivity index (χ0) is 17.8. The van der Waals surface area contributed by atoms with Crippen LogP contribution in [0.3, 0.4) is 0 Å². The molecule has 0 bridgehead atoms. The highest BCUT2D eigenvalue weighted by atomic mass is 19.3. The van der Waals surface area contributed by atoms with Gasteiger partial charge in [0, 0.05) is 11.4 Å². The standard InChI is InChI=1S/C19H20F2N2O2/c1-12(22-16-6-5-13-3-2-4-14(13)11-16)18(24)23-15-7-9-17(10-8-15)25-19(20)21/h5-12,19,22H,2-4H2,1H3,(H,23,24). The largest absolute Gasteiger partial charge is 0.435 e. The molecule has 25 heavy (non-hydrogen) atoms. The Balaban J connectivity index is 1.57. The monoisotopic (exact) mass is 346 g/mol. The van der Waals surface area contributed by atoms with E-state index in [9.17, 15) is 13.6 Å². The van der Waals surface area contributed by atoms with Gasteiger partial charge >= 0.3 is 6.61 Å². The zero-order valence-corrected chi connectivity index (χ0v) is 13.9. The van der Waals surface area contributed by atoms with Crippen molar-refractivity contribution in [1.29, 1.82) is 0 Å². The van der Waals surface area contributed by atoms with Gasteiger partial charge in [0.1, 0.15) is 11.8 Å². The number of amides is 1. The quantitative estimate of drug-likeness (QED) is 0.823. The molecule has 0 saturated heterocycles. The van der Waals surface area contributed by atoms with Crippen molar-refractivity contribution >= 4 is 17.3 Å². The first kappa shape index (κ1) is 17.2. The van der Waals surface area contributed by atoms with E-state index >= 15 is 0 Å². The predicted molar refractivity (Wildman–Crippen MR) is 93.3 cm³/mol. The molecule has 0 radical (unpaired) electrons. The van der Waals surface area contributed by atoms with Crippen LogP contribution in [-0.4, -0.2) is 18.6 Å². The van der Waals surface area contributed by atoms with Gasteiger partial charge in [-0.25, -0.2) is 0 Å². The highest BCUT2D eigenvalue weighted by Crippen LogP contribution is 2.25. The van der Waals surface area contributed by atoms with Crippen LogP contribution < -0.4 is 15.4 Å². The average molecular weight is 346 g/mol. The number of hydrogen-bond donors (Lipinski definition) is 2. The van der Waals surface area contributed by atoms with Crippen molar-refractivity contribution < 1.29 is 18.3 Å². The molecule has 2 aromatic rings. The van der Waals surface area contributed by atoms with E-state index in [1.54, 1.807) is 6.92 Å². The lowest BCUT2D eigenvalue weighted by molar-refractivity contribution is -0.116. The van der Waals surface area contributed by atoms with Crippen LogP contribution in [0.15, 0.2) is 42.5 Å². The molecule has 1 unspecified atom stereocenters. The third-order valence-electron chi connectivity index (χ3n) is 4.22. The van der Waals surface area contributed by atoms with Gasteiger partial charge in [0.25, 0.3) is 0 Å². The van der Waals surface area contributed by atoms with E-state index in [0.29, 0.717) is 5.69 Å². The van der Waals surface area contributed by atoms with Crippen LogP contribution in [0.1, 0.15) is 24.5 Å². The van der Waals surface area contributed by atoms with E-state index in [2.05, 4.69) is 27.5 Å². The lowest BCUT2D eigenvalue weighted by Crippen LogP contribution is -2.31. The van der Waals surface area contributed by atoms with E-state index in [1.165, 1.54) is 41.8 Å². The highest BCUT2D eigenvalue weighted by molar-refractivity contribution is 5.96. The number of hydrogen-bond acceptors (Lipinski definition) is 3. The second kappa shape index (κ2) is 7.51. The third kappa shape index (κ3) is 4.47. The summed E-state index contributed by atoms with van der Waals surface area (Å²) in [5, 5.41) is 5.94. The number of rotatable bonds is 6. The van der Waals surface area contributed by atoms with Crippen molar-refractivity contribution in [2.75, 3.05) is 10.6 Å². The summed E-state index contributed by atoms with van der Waals surface area (Å²) in [6, 6.07) is 11.6. The number of halogens is 2. The number of alkyl halides is 2. The maximum atomic E-state index is 12.3. The van der Waals surface area contributed by atoms with Gasteiger partial charge in [-0.1, -0.05) is 6.07 Å². The molecule has 1 atom stereocenters. The number of anilines is 2. The van der Waals surface area contributed by atoms with Crippen LogP contribution >= 0.6 is 0 Å². The van der Waals surface area contributed by atoms with E-state index < -0.39 is 12.7 Å². The van der Waals surface area contributed by atoms with Gasteiger partial charge in [-0.3, -0.25) is 4.79 Å². The van der Waals surface area contributed by atoms with Crippen LogP contribution in [0.25, 0.3) is 0 Å². The molecule has 0 saturated carbocycles. The number of carbonyl (C=O) groups excluding carboxylic acids is 1. The van der Waals surface area contributed by atoms with E-state index in [-0.39, 0.29) is 11.7 Å². The maximum absolute atomic E-state index is 12.3. The fourth-order valence-corrected chi connectivity index (χ4v) is 2.95. The van der Waals surface area contributed by atoms with Crippen molar-refractivity contribution in [2.45, 2.75) is 38.8 Å². The predicted octanol–water partition coefficient (Wildman–Crippen LogP) is 4.22. The second-order valence-corrected chi connectivity index (χ2v) is 6.10. The summed E-state index contributed by atoms with van der Waals surface area (Å²) in [4.78, 5) is 12.3. The summed E-state index contributed by atoms with van der Waals surface area (Å²) in [5.74, 6) is -0.152. The molecule has 2 aromatic carbocycles. The van der Waals surface area contributed by atoms with E-state index in [0.717, 1.165) is 18.5 Å². The van der Waals surface area contributed by atoms with Gasteiger partial charge in [0.05, 0.1) is 0 Å². The van der Waals surface area contributed by atoms with E-state index in [1.807, 2.05) is 6.07 Å². The summed E-state index contributed by atoms with van der Waals surface area (Å²) < 4.78 is 28.5. The van der Waals surface area contributed by atoms with Crippen LogP contribution in [0.2, 0.25) is 0 Å². The third-order valence-corrected chi connectivity index (χ3v) is 4.22. The van der Waals surface area contributed by atoms with Gasteiger partial charge in [0.2, 0.25) is 5.91 Å². The molecule has 1 aliphatic carbocycles. The first-order chi connectivity index (χ1) is 12.0. The molecular weight excluding hydrogens is 326 g/mol. The number of nitrogens with one attached hydrogen (secondary N) is 2. The Morgan fingerprint density at radius 1 is 1.04 bits per heavy atom. The summed E-state index contributed by atoms with van der Waals surface area (Å²) >= 11 is 0. The molecule has 6 heteroatoms. The van der Waals surface area contributed by atoms with Crippen molar-refractivity contribution in [3.63, 3.8) is 0 Å². The van der Waals surface area contributed by atoms with Gasteiger partial charge < -0.3 is 15.4 Å². The minimum absolute atomic E-state index is 0.0531. The minimum atomic E-state index is -2.86. The number of carbonyl (C=O) groups is 1. The highest BCUT2D eigenvalue weighted by Gasteiger charge is 2.15. The lowest BCUT2D eigenvalue weighted by Gasteiger charge is -2.16. The molecule has 3 rings (SSSR count). The molecule has 0 aliphatic heterocycles. The fourth-order valence-electron chi connectivity index (χ4n) is 2.95. The van der Waals surface area contributed by atoms with Crippen LogP contribution in [-0.2, 0) is 17.6 Å². The normalized spacial score (nSPS) is 14.1. The van der Waals surface area contributed by atoms with Crippen molar-refractivity contribution in [2.24, 2.45) is 0 Å². The molecule has 0 spiro atoms. The Morgan fingerprint density at radius 2 is 1.72 bits per heavy atom. The molecule has 0 fully saturated rings. The van der Waals surface area contributed by atoms with Gasteiger partial charge in [-0.2, -0.15) is 8.78 Å².